The predicted octanol–water partition coefficient (Wildman–Crippen LogP) is 3.76. The van der Waals surface area contributed by atoms with Gasteiger partial charge in [0.25, 0.3) is 0 Å². The maximum absolute atomic E-state index is 4.42. The molecule has 110 valence electrons. The van der Waals surface area contributed by atoms with E-state index in [-0.39, 0.29) is 0 Å². The van der Waals surface area contributed by atoms with Gasteiger partial charge in [-0.3, -0.25) is 0 Å². The molecule has 4 nitrogen and oxygen atoms in total. The van der Waals surface area contributed by atoms with Crippen molar-refractivity contribution >= 4 is 17.3 Å². The number of anilines is 3. The lowest BCUT2D eigenvalue weighted by Gasteiger charge is -2.31. The summed E-state index contributed by atoms with van der Waals surface area (Å²) in [4.78, 5) is 11.1. The van der Waals surface area contributed by atoms with Crippen LogP contribution in [0.5, 0.6) is 0 Å². The van der Waals surface area contributed by atoms with Gasteiger partial charge in [-0.15, -0.1) is 0 Å². The molecule has 0 radical (unpaired) electrons. The molecule has 2 aromatic rings. The van der Waals surface area contributed by atoms with Crippen LogP contribution in [0.1, 0.15) is 25.3 Å². The quantitative estimate of drug-likeness (QED) is 0.930. The van der Waals surface area contributed by atoms with Crippen LogP contribution in [0.4, 0.5) is 17.3 Å². The van der Waals surface area contributed by atoms with Crippen molar-refractivity contribution in [3.63, 3.8) is 0 Å². The van der Waals surface area contributed by atoms with Crippen LogP contribution in [-0.2, 0) is 0 Å². The fourth-order valence-corrected chi connectivity index (χ4v) is 2.70. The average molecular weight is 282 g/mol. The zero-order chi connectivity index (χ0) is 14.7. The molecule has 1 aromatic heterocycles. The number of nitrogens with zero attached hydrogens (tertiary/aromatic N) is 3. The van der Waals surface area contributed by atoms with Crippen LogP contribution in [-0.4, -0.2) is 23.1 Å². The monoisotopic (exact) mass is 282 g/mol. The number of benzene rings is 1. The average Bonchev–Trinajstić information content (AvgIpc) is 2.48. The number of piperidine rings is 1. The molecular weight excluding hydrogens is 260 g/mol. The van der Waals surface area contributed by atoms with Crippen molar-refractivity contribution in [2.75, 3.05) is 23.3 Å². The smallest absolute Gasteiger partial charge is 0.135 e. The molecule has 2 heterocycles. The minimum absolute atomic E-state index is 0.827. The molecule has 0 saturated carbocycles. The molecule has 0 aliphatic carbocycles. The highest BCUT2D eigenvalue weighted by Gasteiger charge is 2.17. The SMILES string of the molecule is Cc1cccc(Nc2cc(N3CCC(C)CC3)ncn2)c1. The van der Waals surface area contributed by atoms with Crippen molar-refractivity contribution < 1.29 is 0 Å². The largest absolute Gasteiger partial charge is 0.356 e. The third kappa shape index (κ3) is 3.51. The molecule has 3 rings (SSSR count). The summed E-state index contributed by atoms with van der Waals surface area (Å²) in [6.45, 7) is 6.58. The van der Waals surface area contributed by atoms with Gasteiger partial charge in [0.2, 0.25) is 0 Å². The van der Waals surface area contributed by atoms with Gasteiger partial charge in [-0.05, 0) is 43.4 Å². The highest BCUT2D eigenvalue weighted by atomic mass is 15.2. The maximum Gasteiger partial charge on any atom is 0.135 e. The minimum atomic E-state index is 0.827. The number of nitrogens with one attached hydrogen (secondary N) is 1. The molecule has 1 aliphatic rings. The van der Waals surface area contributed by atoms with E-state index in [1.54, 1.807) is 6.33 Å². The number of hydrogen-bond acceptors (Lipinski definition) is 4. The van der Waals surface area contributed by atoms with Gasteiger partial charge >= 0.3 is 0 Å². The molecule has 0 atom stereocenters. The number of rotatable bonds is 3. The predicted molar refractivity (Wildman–Crippen MR) is 87.1 cm³/mol. The molecule has 1 aromatic carbocycles. The highest BCUT2D eigenvalue weighted by Crippen LogP contribution is 2.23. The first-order valence-electron chi connectivity index (χ1n) is 7.61. The fourth-order valence-electron chi connectivity index (χ4n) is 2.70. The van der Waals surface area contributed by atoms with Gasteiger partial charge in [0.1, 0.15) is 18.0 Å². The summed E-state index contributed by atoms with van der Waals surface area (Å²) >= 11 is 0. The van der Waals surface area contributed by atoms with Crippen LogP contribution in [0.25, 0.3) is 0 Å². The fraction of sp³-hybridized carbons (Fsp3) is 0.412. The summed E-state index contributed by atoms with van der Waals surface area (Å²) in [5, 5.41) is 3.36. The van der Waals surface area contributed by atoms with Crippen molar-refractivity contribution in [1.82, 2.24) is 9.97 Å². The molecule has 0 bridgehead atoms. The van der Waals surface area contributed by atoms with Crippen molar-refractivity contribution in [2.24, 2.45) is 5.92 Å². The molecule has 0 unspecified atom stereocenters. The summed E-state index contributed by atoms with van der Waals surface area (Å²) in [6.07, 6.45) is 4.13. The molecule has 1 aliphatic heterocycles. The van der Waals surface area contributed by atoms with E-state index in [1.165, 1.54) is 18.4 Å². The molecule has 4 heteroatoms. The third-order valence-corrected chi connectivity index (χ3v) is 4.05. The summed E-state index contributed by atoms with van der Waals surface area (Å²) in [5.41, 5.74) is 2.30. The molecule has 21 heavy (non-hydrogen) atoms. The summed E-state index contributed by atoms with van der Waals surface area (Å²) in [6, 6.07) is 10.3. The van der Waals surface area contributed by atoms with E-state index < -0.39 is 0 Å². The first-order chi connectivity index (χ1) is 10.2. The lowest BCUT2D eigenvalue weighted by Crippen LogP contribution is -2.33. The van der Waals surface area contributed by atoms with E-state index in [0.717, 1.165) is 36.3 Å². The lowest BCUT2D eigenvalue weighted by molar-refractivity contribution is 0.436. The van der Waals surface area contributed by atoms with Gasteiger partial charge in [0.15, 0.2) is 0 Å². The standard InChI is InChI=1S/C17H22N4/c1-13-6-8-21(9-7-13)17-11-16(18-12-19-17)20-15-5-3-4-14(2)10-15/h3-5,10-13H,6-9H2,1-2H3,(H,18,19,20). The van der Waals surface area contributed by atoms with Crippen molar-refractivity contribution in [3.05, 3.63) is 42.2 Å². The molecule has 1 saturated heterocycles. The Morgan fingerprint density at radius 1 is 1.14 bits per heavy atom. The van der Waals surface area contributed by atoms with Crippen LogP contribution in [0.2, 0.25) is 0 Å². The Balaban J connectivity index is 1.74. The Kier molecular flexibility index (Phi) is 4.04. The van der Waals surface area contributed by atoms with E-state index in [9.17, 15) is 0 Å². The highest BCUT2D eigenvalue weighted by molar-refractivity contribution is 5.59. The molecule has 0 amide bonds. The minimum Gasteiger partial charge on any atom is -0.356 e. The van der Waals surface area contributed by atoms with Crippen LogP contribution in [0, 0.1) is 12.8 Å². The van der Waals surface area contributed by atoms with Gasteiger partial charge in [-0.2, -0.15) is 0 Å². The van der Waals surface area contributed by atoms with E-state index in [4.69, 9.17) is 0 Å². The van der Waals surface area contributed by atoms with Gasteiger partial charge in [-0.25, -0.2) is 9.97 Å². The number of aromatic nitrogens is 2. The molecule has 1 N–H and O–H groups in total. The maximum atomic E-state index is 4.42. The number of hydrogen-bond donors (Lipinski definition) is 1. The Morgan fingerprint density at radius 2 is 1.95 bits per heavy atom. The normalized spacial score (nSPS) is 16.0. The second-order valence-corrected chi connectivity index (χ2v) is 5.93. The third-order valence-electron chi connectivity index (χ3n) is 4.05. The zero-order valence-electron chi connectivity index (χ0n) is 12.7. The van der Waals surface area contributed by atoms with E-state index in [1.807, 2.05) is 12.1 Å². The van der Waals surface area contributed by atoms with E-state index in [0.29, 0.717) is 0 Å². The van der Waals surface area contributed by atoms with Crippen LogP contribution in [0.15, 0.2) is 36.7 Å². The second-order valence-electron chi connectivity index (χ2n) is 5.93. The summed E-state index contributed by atoms with van der Waals surface area (Å²) in [7, 11) is 0. The Labute approximate surface area is 126 Å². The van der Waals surface area contributed by atoms with Crippen molar-refractivity contribution in [1.29, 1.82) is 0 Å². The summed E-state index contributed by atoms with van der Waals surface area (Å²) < 4.78 is 0. The lowest BCUT2D eigenvalue weighted by atomic mass is 9.99. The van der Waals surface area contributed by atoms with E-state index in [2.05, 4.69) is 52.2 Å². The Hall–Kier alpha value is -2.10. The van der Waals surface area contributed by atoms with Crippen LogP contribution < -0.4 is 10.2 Å². The molecule has 0 spiro atoms. The molecule has 1 fully saturated rings. The topological polar surface area (TPSA) is 41.0 Å². The van der Waals surface area contributed by atoms with Gasteiger partial charge in [0, 0.05) is 24.8 Å². The number of aryl methyl sites for hydroxylation is 1. The van der Waals surface area contributed by atoms with E-state index >= 15 is 0 Å². The molecular formula is C17H22N4. The van der Waals surface area contributed by atoms with Crippen molar-refractivity contribution in [3.8, 4) is 0 Å². The van der Waals surface area contributed by atoms with Crippen molar-refractivity contribution in [2.45, 2.75) is 26.7 Å². The van der Waals surface area contributed by atoms with Gasteiger partial charge in [-0.1, -0.05) is 19.1 Å². The zero-order valence-corrected chi connectivity index (χ0v) is 12.7. The first-order valence-corrected chi connectivity index (χ1v) is 7.61. The van der Waals surface area contributed by atoms with Crippen LogP contribution >= 0.6 is 0 Å². The Bertz CT molecular complexity index is 603. The van der Waals surface area contributed by atoms with Crippen LogP contribution in [0.3, 0.4) is 0 Å². The summed E-state index contributed by atoms with van der Waals surface area (Å²) in [5.74, 6) is 2.70. The Morgan fingerprint density at radius 3 is 2.71 bits per heavy atom. The van der Waals surface area contributed by atoms with Gasteiger partial charge < -0.3 is 10.2 Å². The van der Waals surface area contributed by atoms with Gasteiger partial charge in [0.05, 0.1) is 0 Å². The first kappa shape index (κ1) is 13.9. The second kappa shape index (κ2) is 6.12.